The molecular weight excluding hydrogens is 500 g/mol. The SMILES string of the molecule is COc1ccc(CC(NC(=O)C(C)NC(=O)C(C)(C)N)C(=O)NC(Cc2ccccc2)C(=O)C2(C)CO2)cc1. The number of carbonyl (C=O) groups is 4. The van der Waals surface area contributed by atoms with Gasteiger partial charge in [0.1, 0.15) is 23.4 Å². The molecule has 210 valence electrons. The molecule has 2 aromatic rings. The molecule has 1 saturated heterocycles. The van der Waals surface area contributed by atoms with Crippen molar-refractivity contribution >= 4 is 23.5 Å². The number of methoxy groups -OCH3 is 1. The fraction of sp³-hybridized carbons (Fsp3) is 0.448. The molecule has 2 aromatic carbocycles. The molecule has 5 N–H and O–H groups in total. The smallest absolute Gasteiger partial charge is 0.243 e. The van der Waals surface area contributed by atoms with E-state index in [0.29, 0.717) is 5.75 Å². The highest BCUT2D eigenvalue weighted by Gasteiger charge is 2.50. The van der Waals surface area contributed by atoms with E-state index in [1.165, 1.54) is 20.8 Å². The maximum absolute atomic E-state index is 13.6. The van der Waals surface area contributed by atoms with E-state index >= 15 is 0 Å². The minimum absolute atomic E-state index is 0.143. The van der Waals surface area contributed by atoms with Gasteiger partial charge in [-0.2, -0.15) is 0 Å². The first-order valence-electron chi connectivity index (χ1n) is 12.9. The quantitative estimate of drug-likeness (QED) is 0.278. The molecule has 1 aliphatic rings. The summed E-state index contributed by atoms with van der Waals surface area (Å²) in [6, 6.07) is 13.6. The van der Waals surface area contributed by atoms with Crippen molar-refractivity contribution in [3.63, 3.8) is 0 Å². The molecule has 0 aromatic heterocycles. The molecule has 0 saturated carbocycles. The second-order valence-electron chi connectivity index (χ2n) is 10.7. The van der Waals surface area contributed by atoms with Gasteiger partial charge in [0.05, 0.1) is 25.3 Å². The van der Waals surface area contributed by atoms with E-state index < -0.39 is 47.0 Å². The number of benzene rings is 2. The summed E-state index contributed by atoms with van der Waals surface area (Å²) in [5.74, 6) is -1.19. The lowest BCUT2D eigenvalue weighted by molar-refractivity contribution is -0.134. The average molecular weight is 539 g/mol. The summed E-state index contributed by atoms with van der Waals surface area (Å²) >= 11 is 0. The Balaban J connectivity index is 1.81. The fourth-order valence-corrected chi connectivity index (χ4v) is 3.90. The fourth-order valence-electron chi connectivity index (χ4n) is 3.90. The monoisotopic (exact) mass is 538 g/mol. The van der Waals surface area contributed by atoms with Crippen molar-refractivity contribution in [1.82, 2.24) is 16.0 Å². The molecule has 0 aliphatic carbocycles. The zero-order valence-electron chi connectivity index (χ0n) is 23.1. The second kappa shape index (κ2) is 12.4. The largest absolute Gasteiger partial charge is 0.497 e. The number of rotatable bonds is 13. The van der Waals surface area contributed by atoms with Crippen LogP contribution in [0.5, 0.6) is 5.75 Å². The predicted molar refractivity (Wildman–Crippen MR) is 146 cm³/mol. The maximum Gasteiger partial charge on any atom is 0.243 e. The van der Waals surface area contributed by atoms with Crippen LogP contribution in [0, 0.1) is 0 Å². The number of hydrogen-bond donors (Lipinski definition) is 4. The zero-order valence-corrected chi connectivity index (χ0v) is 23.1. The molecule has 3 rings (SSSR count). The normalized spacial score (nSPS) is 18.7. The summed E-state index contributed by atoms with van der Waals surface area (Å²) in [4.78, 5) is 52.2. The Hall–Kier alpha value is -3.76. The van der Waals surface area contributed by atoms with Crippen LogP contribution in [-0.4, -0.2) is 66.5 Å². The van der Waals surface area contributed by atoms with Crippen molar-refractivity contribution in [2.75, 3.05) is 13.7 Å². The molecule has 0 spiro atoms. The van der Waals surface area contributed by atoms with Crippen LogP contribution in [0.2, 0.25) is 0 Å². The lowest BCUT2D eigenvalue weighted by Gasteiger charge is -2.26. The van der Waals surface area contributed by atoms with Crippen molar-refractivity contribution in [3.05, 3.63) is 65.7 Å². The van der Waals surface area contributed by atoms with Gasteiger partial charge in [-0.1, -0.05) is 42.5 Å². The molecule has 1 heterocycles. The Morgan fingerprint density at radius 2 is 1.46 bits per heavy atom. The van der Waals surface area contributed by atoms with Gasteiger partial charge >= 0.3 is 0 Å². The Labute approximate surface area is 229 Å². The van der Waals surface area contributed by atoms with Crippen LogP contribution < -0.4 is 26.4 Å². The number of nitrogens with two attached hydrogens (primary N) is 1. The van der Waals surface area contributed by atoms with E-state index in [2.05, 4.69) is 16.0 Å². The van der Waals surface area contributed by atoms with E-state index in [9.17, 15) is 19.2 Å². The van der Waals surface area contributed by atoms with Gasteiger partial charge in [-0.05, 0) is 57.4 Å². The first kappa shape index (κ1) is 29.8. The minimum Gasteiger partial charge on any atom is -0.497 e. The van der Waals surface area contributed by atoms with Crippen LogP contribution in [0.3, 0.4) is 0 Å². The molecule has 1 aliphatic heterocycles. The van der Waals surface area contributed by atoms with Crippen molar-refractivity contribution < 1.29 is 28.7 Å². The standard InChI is InChI=1S/C29H38N4O6/c1-18(31-27(37)28(2,3)30)25(35)33-23(16-20-11-13-21(38-5)14-12-20)26(36)32-22(24(34)29(4)17-39-29)15-19-9-7-6-8-10-19/h6-14,18,22-23H,15-17,30H2,1-5H3,(H,31,37)(H,32,36)(H,33,35). The van der Waals surface area contributed by atoms with Crippen LogP contribution in [0.4, 0.5) is 0 Å². The van der Waals surface area contributed by atoms with E-state index in [1.54, 1.807) is 38.3 Å². The Bertz CT molecular complexity index is 1170. The van der Waals surface area contributed by atoms with Crippen LogP contribution in [-0.2, 0) is 36.8 Å². The van der Waals surface area contributed by atoms with E-state index in [1.807, 2.05) is 30.3 Å². The summed E-state index contributed by atoms with van der Waals surface area (Å²) in [6.45, 7) is 6.54. The molecule has 0 bridgehead atoms. The van der Waals surface area contributed by atoms with Crippen LogP contribution in [0.25, 0.3) is 0 Å². The molecule has 1 fully saturated rings. The molecule has 3 amide bonds. The number of ketones is 1. The molecule has 0 radical (unpaired) electrons. The third-order valence-corrected chi connectivity index (χ3v) is 6.57. The van der Waals surface area contributed by atoms with Crippen LogP contribution in [0.1, 0.15) is 38.8 Å². The molecule has 4 atom stereocenters. The van der Waals surface area contributed by atoms with Crippen LogP contribution in [0.15, 0.2) is 54.6 Å². The number of Topliss-reactive ketones (excluding diaryl/α,β-unsaturated/α-hetero) is 1. The van der Waals surface area contributed by atoms with Gasteiger partial charge in [-0.15, -0.1) is 0 Å². The summed E-state index contributed by atoms with van der Waals surface area (Å²) in [7, 11) is 1.55. The Morgan fingerprint density at radius 3 is 2.00 bits per heavy atom. The number of ether oxygens (including phenoxy) is 2. The zero-order chi connectivity index (χ0) is 28.8. The van der Waals surface area contributed by atoms with Crippen molar-refractivity contribution in [2.24, 2.45) is 5.73 Å². The second-order valence-corrected chi connectivity index (χ2v) is 10.7. The van der Waals surface area contributed by atoms with E-state index in [0.717, 1.165) is 11.1 Å². The third-order valence-electron chi connectivity index (χ3n) is 6.57. The predicted octanol–water partition coefficient (Wildman–Crippen LogP) is 1.05. The minimum atomic E-state index is -1.18. The number of epoxide rings is 1. The molecule has 4 unspecified atom stereocenters. The van der Waals surface area contributed by atoms with Gasteiger partial charge in [0.25, 0.3) is 0 Å². The van der Waals surface area contributed by atoms with Gasteiger partial charge in [0.2, 0.25) is 17.7 Å². The highest BCUT2D eigenvalue weighted by molar-refractivity contribution is 5.98. The van der Waals surface area contributed by atoms with Crippen molar-refractivity contribution in [1.29, 1.82) is 0 Å². The molecule has 39 heavy (non-hydrogen) atoms. The summed E-state index contributed by atoms with van der Waals surface area (Å²) in [6.07, 6.45) is 0.413. The summed E-state index contributed by atoms with van der Waals surface area (Å²) in [5, 5.41) is 8.15. The molecule has 10 nitrogen and oxygen atoms in total. The highest BCUT2D eigenvalue weighted by Crippen LogP contribution is 2.29. The number of nitrogens with one attached hydrogen (secondary N) is 3. The van der Waals surface area contributed by atoms with Gasteiger partial charge < -0.3 is 31.2 Å². The lowest BCUT2D eigenvalue weighted by atomic mass is 9.94. The number of carbonyl (C=O) groups excluding carboxylic acids is 4. The van der Waals surface area contributed by atoms with E-state index in [4.69, 9.17) is 15.2 Å². The maximum atomic E-state index is 13.6. The van der Waals surface area contributed by atoms with Gasteiger partial charge in [0, 0.05) is 6.42 Å². The number of hydrogen-bond acceptors (Lipinski definition) is 7. The van der Waals surface area contributed by atoms with Crippen LogP contribution >= 0.6 is 0 Å². The third kappa shape index (κ3) is 8.36. The molecule has 10 heteroatoms. The first-order chi connectivity index (χ1) is 18.3. The lowest BCUT2D eigenvalue weighted by Crippen LogP contribution is -2.59. The first-order valence-corrected chi connectivity index (χ1v) is 12.9. The van der Waals surface area contributed by atoms with Crippen molar-refractivity contribution in [2.45, 2.75) is 69.8 Å². The average Bonchev–Trinajstić information content (AvgIpc) is 3.66. The highest BCUT2D eigenvalue weighted by atomic mass is 16.6. The summed E-state index contributed by atoms with van der Waals surface area (Å²) < 4.78 is 10.6. The van der Waals surface area contributed by atoms with Crippen molar-refractivity contribution in [3.8, 4) is 5.75 Å². The Morgan fingerprint density at radius 1 is 0.923 bits per heavy atom. The Kier molecular flexibility index (Phi) is 9.47. The molecular formula is C29H38N4O6. The number of amides is 3. The van der Waals surface area contributed by atoms with E-state index in [-0.39, 0.29) is 25.2 Å². The van der Waals surface area contributed by atoms with Gasteiger partial charge in [0.15, 0.2) is 5.78 Å². The van der Waals surface area contributed by atoms with Gasteiger partial charge in [-0.3, -0.25) is 19.2 Å². The topological polar surface area (TPSA) is 152 Å². The van der Waals surface area contributed by atoms with Gasteiger partial charge in [-0.25, -0.2) is 0 Å². The summed E-state index contributed by atoms with van der Waals surface area (Å²) in [5.41, 5.74) is 5.34.